The minimum absolute atomic E-state index is 0.0249. The lowest BCUT2D eigenvalue weighted by molar-refractivity contribution is -0.168. The number of hydrogen-bond acceptors (Lipinski definition) is 11. The van der Waals surface area contributed by atoms with Gasteiger partial charge in [0.1, 0.15) is 22.3 Å². The molecule has 0 atom stereocenters. The zero-order chi connectivity index (χ0) is 35.9. The number of rotatable bonds is 10. The fourth-order valence-electron chi connectivity index (χ4n) is 9.08. The first kappa shape index (κ1) is 34.5. The highest BCUT2D eigenvalue weighted by Crippen LogP contribution is 2.72. The van der Waals surface area contributed by atoms with Gasteiger partial charge >= 0.3 is 0 Å². The molecule has 6 aromatic rings. The highest BCUT2D eigenvalue weighted by molar-refractivity contribution is 8.13. The number of fused-ring (bicyclic) bond motifs is 6. The maximum absolute atomic E-state index is 12.3. The quantitative estimate of drug-likeness (QED) is 0.172. The van der Waals surface area contributed by atoms with E-state index >= 15 is 0 Å². The SMILES string of the molecule is COCCS(=O)(=O)CC12CC(n3cnc4cnc5[nH]ccc5c43)(C1)C2.COCCS(=O)(=O)Cl.NC12CC(n3cnc4cnc5[nH]ccc5c43)(C1)C2. The third-order valence-electron chi connectivity index (χ3n) is 11.0. The van der Waals surface area contributed by atoms with Gasteiger partial charge in [-0.25, -0.2) is 36.8 Å². The third-order valence-corrected chi connectivity index (χ3v) is 14.0. The molecule has 18 heteroatoms. The molecule has 6 saturated carbocycles. The lowest BCUT2D eigenvalue weighted by Crippen LogP contribution is -2.76. The van der Waals surface area contributed by atoms with Crippen LogP contribution in [0.5, 0.6) is 0 Å². The highest BCUT2D eigenvalue weighted by Gasteiger charge is 2.70. The molecule has 6 heterocycles. The molecule has 51 heavy (non-hydrogen) atoms. The number of nitrogens with two attached hydrogens (primary N) is 1. The summed E-state index contributed by atoms with van der Waals surface area (Å²) in [5, 5.41) is 2.22. The van der Waals surface area contributed by atoms with Gasteiger partial charge in [-0.2, -0.15) is 0 Å². The number of nitrogens with one attached hydrogen (secondary N) is 2. The molecule has 4 bridgehead atoms. The molecule has 0 spiro atoms. The molecule has 0 radical (unpaired) electrons. The normalized spacial score (nSPS) is 27.5. The number of imidazole rings is 2. The van der Waals surface area contributed by atoms with E-state index in [4.69, 9.17) is 21.2 Å². The van der Waals surface area contributed by atoms with Gasteiger partial charge in [0, 0.05) is 59.1 Å². The van der Waals surface area contributed by atoms with Crippen molar-refractivity contribution < 1.29 is 26.3 Å². The Bertz CT molecular complexity index is 2460. The highest BCUT2D eigenvalue weighted by atomic mass is 35.7. The van der Waals surface area contributed by atoms with Crippen LogP contribution in [0.25, 0.3) is 44.1 Å². The van der Waals surface area contributed by atoms with Crippen LogP contribution in [-0.2, 0) is 39.4 Å². The average molecular weight is 758 g/mol. The van der Waals surface area contributed by atoms with Gasteiger partial charge in [-0.05, 0) is 56.1 Å². The number of nitrogens with zero attached hydrogens (tertiary/aromatic N) is 6. The molecule has 6 aliphatic rings. The summed E-state index contributed by atoms with van der Waals surface area (Å²) in [5.41, 5.74) is 12.4. The summed E-state index contributed by atoms with van der Waals surface area (Å²) in [4.78, 5) is 24.1. The van der Waals surface area contributed by atoms with Crippen LogP contribution < -0.4 is 5.73 Å². The lowest BCUT2D eigenvalue weighted by Gasteiger charge is -2.71. The van der Waals surface area contributed by atoms with E-state index in [9.17, 15) is 16.8 Å². The van der Waals surface area contributed by atoms with Crippen molar-refractivity contribution in [3.8, 4) is 0 Å². The molecular formula is C33H40ClN9O6S2. The Morgan fingerprint density at radius 2 is 1.24 bits per heavy atom. The summed E-state index contributed by atoms with van der Waals surface area (Å²) < 4.78 is 58.6. The van der Waals surface area contributed by atoms with Crippen LogP contribution in [0.2, 0.25) is 0 Å². The number of pyridine rings is 2. The van der Waals surface area contributed by atoms with Gasteiger partial charge < -0.3 is 34.3 Å². The Labute approximate surface area is 298 Å². The van der Waals surface area contributed by atoms with Crippen molar-refractivity contribution in [3.63, 3.8) is 0 Å². The monoisotopic (exact) mass is 757 g/mol. The van der Waals surface area contributed by atoms with Gasteiger partial charge in [-0.1, -0.05) is 0 Å². The van der Waals surface area contributed by atoms with Crippen LogP contribution in [0, 0.1) is 5.41 Å². The molecular weight excluding hydrogens is 718 g/mol. The number of aromatic amines is 2. The van der Waals surface area contributed by atoms with E-state index in [1.54, 1.807) is 6.20 Å². The van der Waals surface area contributed by atoms with Crippen LogP contribution in [0.4, 0.5) is 0 Å². The molecule has 12 rings (SSSR count). The van der Waals surface area contributed by atoms with Crippen molar-refractivity contribution in [2.75, 3.05) is 44.7 Å². The van der Waals surface area contributed by atoms with Crippen LogP contribution in [0.3, 0.4) is 0 Å². The minimum Gasteiger partial charge on any atom is -0.384 e. The molecule has 0 aliphatic heterocycles. The fraction of sp³-hybridized carbons (Fsp3) is 0.515. The standard InChI is InChI=1S/C17H20N4O3S.C13H13N5.C3H7ClO3S/c1-24-4-5-25(22,23)10-16-7-17(8-16,9-16)21-11-20-13-6-19-15-12(14(13)21)2-3-18-15;14-12-4-13(5-12,6-12)18-7-17-9-3-16-11-8(10(9)18)1-2-15-11;1-7-2-3-8(4,5)6/h2-3,6,11H,4-5,7-10H2,1H3,(H,18,19);1-3,7H,4-6,14H2,(H,15,16);2-3H2,1H3. The van der Waals surface area contributed by atoms with E-state index in [2.05, 4.69) is 49.8 Å². The fourth-order valence-corrected chi connectivity index (χ4v) is 11.4. The molecule has 0 aromatic carbocycles. The Morgan fingerprint density at radius 3 is 1.67 bits per heavy atom. The number of methoxy groups -OCH3 is 2. The topological polar surface area (TPSA) is 206 Å². The first-order valence-corrected chi connectivity index (χ1v) is 21.0. The number of sulfone groups is 1. The van der Waals surface area contributed by atoms with Gasteiger partial charge in [0.15, 0.2) is 9.84 Å². The van der Waals surface area contributed by atoms with Gasteiger partial charge in [-0.15, -0.1) is 0 Å². The van der Waals surface area contributed by atoms with E-state index in [1.165, 1.54) is 19.7 Å². The Kier molecular flexibility index (Phi) is 8.09. The second-order valence-electron chi connectivity index (χ2n) is 14.9. The first-order valence-electron chi connectivity index (χ1n) is 16.7. The molecule has 4 N–H and O–H groups in total. The van der Waals surface area contributed by atoms with Gasteiger partial charge in [0.2, 0.25) is 9.05 Å². The van der Waals surface area contributed by atoms with Crippen LogP contribution in [0.1, 0.15) is 38.5 Å². The summed E-state index contributed by atoms with van der Waals surface area (Å²) >= 11 is 0. The lowest BCUT2D eigenvalue weighted by atomic mass is 9.40. The van der Waals surface area contributed by atoms with E-state index in [0.29, 0.717) is 0 Å². The number of aromatic nitrogens is 8. The second-order valence-corrected chi connectivity index (χ2v) is 20.0. The number of H-pyrrole nitrogens is 2. The summed E-state index contributed by atoms with van der Waals surface area (Å²) in [6.45, 7) is 0.431. The molecule has 0 unspecified atom stereocenters. The Morgan fingerprint density at radius 1 is 0.765 bits per heavy atom. The largest absolute Gasteiger partial charge is 0.384 e. The molecule has 0 saturated heterocycles. The molecule has 0 amide bonds. The molecule has 272 valence electrons. The maximum atomic E-state index is 12.3. The number of halogens is 1. The van der Waals surface area contributed by atoms with Crippen molar-refractivity contribution in [1.29, 1.82) is 0 Å². The van der Waals surface area contributed by atoms with Gasteiger partial charge in [0.05, 0.1) is 72.1 Å². The second kappa shape index (κ2) is 12.0. The van der Waals surface area contributed by atoms with Crippen molar-refractivity contribution in [1.82, 2.24) is 39.0 Å². The average Bonchev–Trinajstić information content (AvgIpc) is 3.83. The summed E-state index contributed by atoms with van der Waals surface area (Å²) in [5.74, 6) is 0.270. The summed E-state index contributed by atoms with van der Waals surface area (Å²) in [6.07, 6.45) is 17.3. The van der Waals surface area contributed by atoms with Crippen molar-refractivity contribution >= 4 is 73.7 Å². The van der Waals surface area contributed by atoms with Crippen LogP contribution in [0.15, 0.2) is 49.6 Å². The Hall–Kier alpha value is -3.61. The van der Waals surface area contributed by atoms with Gasteiger partial charge in [0.25, 0.3) is 0 Å². The molecule has 6 aliphatic carbocycles. The summed E-state index contributed by atoms with van der Waals surface area (Å²) in [6, 6.07) is 4.10. The van der Waals surface area contributed by atoms with E-state index in [0.717, 1.165) is 77.1 Å². The predicted molar refractivity (Wildman–Crippen MR) is 194 cm³/mol. The third kappa shape index (κ3) is 5.91. The van der Waals surface area contributed by atoms with Gasteiger partial charge in [-0.3, -0.25) is 0 Å². The van der Waals surface area contributed by atoms with Crippen LogP contribution >= 0.6 is 10.7 Å². The zero-order valence-electron chi connectivity index (χ0n) is 28.3. The van der Waals surface area contributed by atoms with Crippen LogP contribution in [-0.4, -0.2) is 106 Å². The minimum atomic E-state index is -3.34. The molecule has 6 aromatic heterocycles. The smallest absolute Gasteiger partial charge is 0.234 e. The molecule has 6 fully saturated rings. The number of ether oxygens (including phenoxy) is 2. The number of hydrogen-bond donors (Lipinski definition) is 3. The predicted octanol–water partition coefficient (Wildman–Crippen LogP) is 3.56. The van der Waals surface area contributed by atoms with Crippen molar-refractivity contribution in [2.45, 2.75) is 55.1 Å². The maximum Gasteiger partial charge on any atom is 0.234 e. The van der Waals surface area contributed by atoms with E-state index < -0.39 is 18.9 Å². The zero-order valence-corrected chi connectivity index (χ0v) is 30.7. The van der Waals surface area contributed by atoms with E-state index in [1.807, 2.05) is 37.3 Å². The Balaban J connectivity index is 0.000000125. The molecule has 15 nitrogen and oxygen atoms in total. The first-order chi connectivity index (χ1) is 24.2. The van der Waals surface area contributed by atoms with Crippen molar-refractivity contribution in [3.05, 3.63) is 49.6 Å². The summed E-state index contributed by atoms with van der Waals surface area (Å²) in [7, 11) is 1.36. The van der Waals surface area contributed by atoms with E-state index in [-0.39, 0.29) is 52.5 Å². The van der Waals surface area contributed by atoms with Crippen molar-refractivity contribution in [2.24, 2.45) is 11.1 Å².